The van der Waals surface area contributed by atoms with Crippen LogP contribution in [0.4, 0.5) is 0 Å². The Labute approximate surface area is 83.1 Å². The molecule has 1 aromatic heterocycles. The molecule has 1 amide bonds. The number of hydrogen-bond acceptors (Lipinski definition) is 3. The fraction of sp³-hybridized carbons (Fsp3) is 0.556. The van der Waals surface area contributed by atoms with Gasteiger partial charge in [-0.15, -0.1) is 0 Å². The van der Waals surface area contributed by atoms with Crippen LogP contribution in [0.15, 0.2) is 12.3 Å². The monoisotopic (exact) mass is 196 g/mol. The number of rotatable bonds is 5. The zero-order valence-corrected chi connectivity index (χ0v) is 8.29. The lowest BCUT2D eigenvalue weighted by Gasteiger charge is -2.10. The van der Waals surface area contributed by atoms with Crippen molar-refractivity contribution in [1.82, 2.24) is 15.5 Å². The van der Waals surface area contributed by atoms with Gasteiger partial charge < -0.3 is 11.1 Å². The molecule has 1 rings (SSSR count). The summed E-state index contributed by atoms with van der Waals surface area (Å²) in [6.07, 6.45) is 3.49. The fourth-order valence-electron chi connectivity index (χ4n) is 1.17. The van der Waals surface area contributed by atoms with Crippen molar-refractivity contribution >= 4 is 5.91 Å². The van der Waals surface area contributed by atoms with Gasteiger partial charge in [-0.05, 0) is 12.5 Å². The van der Waals surface area contributed by atoms with Crippen LogP contribution in [0, 0.1) is 0 Å². The third-order valence-electron chi connectivity index (χ3n) is 1.93. The van der Waals surface area contributed by atoms with Crippen LogP contribution >= 0.6 is 0 Å². The molecule has 0 bridgehead atoms. The first-order valence-corrected chi connectivity index (χ1v) is 4.77. The average molecular weight is 196 g/mol. The largest absolute Gasteiger partial charge is 0.349 e. The van der Waals surface area contributed by atoms with Gasteiger partial charge in [0.15, 0.2) is 0 Å². The molecule has 4 N–H and O–H groups in total. The number of nitrogens with one attached hydrogen (secondary N) is 2. The molecular formula is C9H16N4O. The highest BCUT2D eigenvalue weighted by atomic mass is 16.1. The van der Waals surface area contributed by atoms with Gasteiger partial charge in [0.05, 0.1) is 0 Å². The van der Waals surface area contributed by atoms with Crippen LogP contribution < -0.4 is 11.1 Å². The molecule has 0 fully saturated rings. The number of hydrogen-bond donors (Lipinski definition) is 3. The van der Waals surface area contributed by atoms with Crippen LogP contribution in [0.1, 0.15) is 30.3 Å². The Morgan fingerprint density at radius 3 is 3.14 bits per heavy atom. The number of H-pyrrole nitrogens is 1. The maximum absolute atomic E-state index is 11.4. The number of carbonyl (C=O) groups is 1. The molecule has 78 valence electrons. The van der Waals surface area contributed by atoms with E-state index in [0.717, 1.165) is 12.8 Å². The third-order valence-corrected chi connectivity index (χ3v) is 1.93. The summed E-state index contributed by atoms with van der Waals surface area (Å²) in [5, 5.41) is 9.01. The second kappa shape index (κ2) is 5.39. The number of aromatic nitrogens is 2. The Balaban J connectivity index is 2.28. The topological polar surface area (TPSA) is 83.8 Å². The summed E-state index contributed by atoms with van der Waals surface area (Å²) in [5.74, 6) is -0.158. The van der Waals surface area contributed by atoms with Crippen molar-refractivity contribution in [1.29, 1.82) is 0 Å². The number of carbonyl (C=O) groups excluding carboxylic acids is 1. The fourth-order valence-corrected chi connectivity index (χ4v) is 1.17. The van der Waals surface area contributed by atoms with Crippen LogP contribution in [-0.4, -0.2) is 28.7 Å². The molecule has 1 atom stereocenters. The summed E-state index contributed by atoms with van der Waals surface area (Å²) in [5.41, 5.74) is 6.21. The summed E-state index contributed by atoms with van der Waals surface area (Å²) < 4.78 is 0. The highest BCUT2D eigenvalue weighted by Crippen LogP contribution is 1.93. The van der Waals surface area contributed by atoms with E-state index < -0.39 is 0 Å². The summed E-state index contributed by atoms with van der Waals surface area (Å²) >= 11 is 0. The second-order valence-corrected chi connectivity index (χ2v) is 3.23. The molecule has 1 unspecified atom stereocenters. The van der Waals surface area contributed by atoms with Crippen molar-refractivity contribution in [2.75, 3.05) is 6.54 Å². The van der Waals surface area contributed by atoms with Crippen LogP contribution in [0.2, 0.25) is 0 Å². The van der Waals surface area contributed by atoms with Crippen LogP contribution in [-0.2, 0) is 0 Å². The maximum atomic E-state index is 11.4. The van der Waals surface area contributed by atoms with E-state index in [-0.39, 0.29) is 11.9 Å². The van der Waals surface area contributed by atoms with E-state index in [2.05, 4.69) is 22.4 Å². The van der Waals surface area contributed by atoms with E-state index in [1.807, 2.05) is 0 Å². The van der Waals surface area contributed by atoms with Crippen molar-refractivity contribution < 1.29 is 4.79 Å². The van der Waals surface area contributed by atoms with Crippen molar-refractivity contribution in [2.45, 2.75) is 25.8 Å². The first-order chi connectivity index (χ1) is 6.74. The quantitative estimate of drug-likeness (QED) is 0.632. The van der Waals surface area contributed by atoms with Gasteiger partial charge in [-0.25, -0.2) is 0 Å². The van der Waals surface area contributed by atoms with Gasteiger partial charge >= 0.3 is 0 Å². The average Bonchev–Trinajstić information content (AvgIpc) is 2.67. The summed E-state index contributed by atoms with van der Waals surface area (Å²) in [6, 6.07) is 1.66. The molecule has 0 aliphatic rings. The normalized spacial score (nSPS) is 12.4. The molecule has 1 heterocycles. The van der Waals surface area contributed by atoms with Crippen LogP contribution in [0.5, 0.6) is 0 Å². The molecule has 0 aliphatic carbocycles. The Morgan fingerprint density at radius 2 is 2.57 bits per heavy atom. The Morgan fingerprint density at radius 1 is 1.79 bits per heavy atom. The predicted molar refractivity (Wildman–Crippen MR) is 53.8 cm³/mol. The summed E-state index contributed by atoms with van der Waals surface area (Å²) in [6.45, 7) is 2.57. The number of amides is 1. The molecule has 0 saturated carbocycles. The molecule has 5 nitrogen and oxygen atoms in total. The van der Waals surface area contributed by atoms with Gasteiger partial charge in [0, 0.05) is 18.8 Å². The van der Waals surface area contributed by atoms with Crippen molar-refractivity contribution in [3.63, 3.8) is 0 Å². The lowest BCUT2D eigenvalue weighted by atomic mass is 10.2. The first kappa shape index (κ1) is 10.7. The minimum absolute atomic E-state index is 0.0341. The van der Waals surface area contributed by atoms with Crippen molar-refractivity contribution in [2.24, 2.45) is 5.73 Å². The number of aromatic amines is 1. The SMILES string of the molecule is CCCC(N)CNC(=O)c1ccn[nH]1. The van der Waals surface area contributed by atoms with Crippen LogP contribution in [0.25, 0.3) is 0 Å². The van der Waals surface area contributed by atoms with Crippen molar-refractivity contribution in [3.8, 4) is 0 Å². The molecular weight excluding hydrogens is 180 g/mol. The minimum Gasteiger partial charge on any atom is -0.349 e. The molecule has 1 aromatic rings. The van der Waals surface area contributed by atoms with Gasteiger partial charge in [0.25, 0.3) is 5.91 Å². The van der Waals surface area contributed by atoms with Gasteiger partial charge in [-0.2, -0.15) is 5.10 Å². The summed E-state index contributed by atoms with van der Waals surface area (Å²) in [4.78, 5) is 11.4. The smallest absolute Gasteiger partial charge is 0.269 e. The van der Waals surface area contributed by atoms with Crippen LogP contribution in [0.3, 0.4) is 0 Å². The van der Waals surface area contributed by atoms with Gasteiger partial charge in [-0.1, -0.05) is 13.3 Å². The zero-order valence-electron chi connectivity index (χ0n) is 8.29. The molecule has 14 heavy (non-hydrogen) atoms. The molecule has 0 saturated heterocycles. The molecule has 0 aromatic carbocycles. The number of nitrogens with zero attached hydrogens (tertiary/aromatic N) is 1. The third kappa shape index (κ3) is 3.18. The predicted octanol–water partition coefficient (Wildman–Crippen LogP) is 0.267. The molecule has 0 aliphatic heterocycles. The van der Waals surface area contributed by atoms with E-state index in [0.29, 0.717) is 12.2 Å². The summed E-state index contributed by atoms with van der Waals surface area (Å²) in [7, 11) is 0. The standard InChI is InChI=1S/C9H16N4O/c1-2-3-7(10)6-11-9(14)8-4-5-12-13-8/h4-5,7H,2-3,6,10H2,1H3,(H,11,14)(H,12,13). The minimum atomic E-state index is -0.158. The Bertz CT molecular complexity index is 270. The first-order valence-electron chi connectivity index (χ1n) is 4.77. The maximum Gasteiger partial charge on any atom is 0.269 e. The van der Waals surface area contributed by atoms with Gasteiger partial charge in [0.1, 0.15) is 5.69 Å². The number of nitrogens with two attached hydrogens (primary N) is 1. The Hall–Kier alpha value is -1.36. The van der Waals surface area contributed by atoms with Gasteiger partial charge in [-0.3, -0.25) is 9.89 Å². The van der Waals surface area contributed by atoms with Crippen molar-refractivity contribution in [3.05, 3.63) is 18.0 Å². The molecule has 5 heteroatoms. The molecule has 0 radical (unpaired) electrons. The van der Waals surface area contributed by atoms with E-state index in [1.165, 1.54) is 0 Å². The highest BCUT2D eigenvalue weighted by molar-refractivity contribution is 5.92. The highest BCUT2D eigenvalue weighted by Gasteiger charge is 2.07. The lowest BCUT2D eigenvalue weighted by molar-refractivity contribution is 0.0945. The van der Waals surface area contributed by atoms with E-state index in [9.17, 15) is 4.79 Å². The van der Waals surface area contributed by atoms with E-state index >= 15 is 0 Å². The van der Waals surface area contributed by atoms with E-state index in [4.69, 9.17) is 5.73 Å². The lowest BCUT2D eigenvalue weighted by Crippen LogP contribution is -2.37. The Kier molecular flexibility index (Phi) is 4.12. The van der Waals surface area contributed by atoms with E-state index in [1.54, 1.807) is 12.3 Å². The molecule has 0 spiro atoms. The second-order valence-electron chi connectivity index (χ2n) is 3.23. The zero-order chi connectivity index (χ0) is 10.4. The van der Waals surface area contributed by atoms with Gasteiger partial charge in [0.2, 0.25) is 0 Å².